The third-order valence-corrected chi connectivity index (χ3v) is 3.85. The zero-order valence-electron chi connectivity index (χ0n) is 15.5. The SMILES string of the molecule is C=CCc1ccccc1OCC(=O)Oc1ccc(C)cc1C(C)(C)C. The molecule has 0 aliphatic rings. The van der Waals surface area contributed by atoms with E-state index in [9.17, 15) is 4.79 Å². The Labute approximate surface area is 150 Å². The number of hydrogen-bond donors (Lipinski definition) is 0. The number of benzene rings is 2. The van der Waals surface area contributed by atoms with Gasteiger partial charge in [0.1, 0.15) is 11.5 Å². The molecule has 0 fully saturated rings. The number of aryl methyl sites for hydroxylation is 1. The van der Waals surface area contributed by atoms with E-state index in [1.54, 1.807) is 0 Å². The van der Waals surface area contributed by atoms with Crippen molar-refractivity contribution in [3.63, 3.8) is 0 Å². The smallest absolute Gasteiger partial charge is 0.349 e. The highest BCUT2D eigenvalue weighted by Crippen LogP contribution is 2.32. The maximum atomic E-state index is 12.3. The van der Waals surface area contributed by atoms with Gasteiger partial charge in [-0.15, -0.1) is 6.58 Å². The van der Waals surface area contributed by atoms with Gasteiger partial charge >= 0.3 is 5.97 Å². The summed E-state index contributed by atoms with van der Waals surface area (Å²) in [5, 5.41) is 0. The number of hydrogen-bond acceptors (Lipinski definition) is 3. The van der Waals surface area contributed by atoms with Crippen molar-refractivity contribution in [2.45, 2.75) is 39.5 Å². The molecule has 0 aliphatic heterocycles. The second-order valence-corrected chi connectivity index (χ2v) is 7.11. The summed E-state index contributed by atoms with van der Waals surface area (Å²) in [5.41, 5.74) is 3.03. The number of rotatable bonds is 6. The van der Waals surface area contributed by atoms with Gasteiger partial charge in [0, 0.05) is 5.56 Å². The number of carbonyl (C=O) groups excluding carboxylic acids is 1. The van der Waals surface area contributed by atoms with Gasteiger partial charge in [0.25, 0.3) is 0 Å². The normalized spacial score (nSPS) is 11.0. The fourth-order valence-corrected chi connectivity index (χ4v) is 2.58. The van der Waals surface area contributed by atoms with Gasteiger partial charge in [-0.05, 0) is 36.5 Å². The molecule has 0 saturated carbocycles. The highest BCUT2D eigenvalue weighted by atomic mass is 16.6. The monoisotopic (exact) mass is 338 g/mol. The van der Waals surface area contributed by atoms with E-state index in [1.165, 1.54) is 0 Å². The summed E-state index contributed by atoms with van der Waals surface area (Å²) in [6.45, 7) is 11.9. The predicted molar refractivity (Wildman–Crippen MR) is 101 cm³/mol. The summed E-state index contributed by atoms with van der Waals surface area (Å²) >= 11 is 0. The Balaban J connectivity index is 2.08. The van der Waals surface area contributed by atoms with E-state index in [2.05, 4.69) is 33.4 Å². The maximum absolute atomic E-state index is 12.3. The lowest BCUT2D eigenvalue weighted by molar-refractivity contribution is -0.136. The molecule has 0 heterocycles. The molecular formula is C22H26O3. The van der Waals surface area contributed by atoms with E-state index >= 15 is 0 Å². The largest absolute Gasteiger partial charge is 0.482 e. The van der Waals surface area contributed by atoms with Crippen LogP contribution in [0.1, 0.15) is 37.5 Å². The zero-order chi connectivity index (χ0) is 18.4. The highest BCUT2D eigenvalue weighted by molar-refractivity contribution is 5.74. The summed E-state index contributed by atoms with van der Waals surface area (Å²) in [4.78, 5) is 12.3. The van der Waals surface area contributed by atoms with Gasteiger partial charge in [-0.25, -0.2) is 4.79 Å². The zero-order valence-corrected chi connectivity index (χ0v) is 15.5. The molecule has 0 aliphatic carbocycles. The van der Waals surface area contributed by atoms with Gasteiger partial charge in [-0.2, -0.15) is 0 Å². The van der Waals surface area contributed by atoms with Crippen molar-refractivity contribution in [3.8, 4) is 11.5 Å². The second kappa shape index (κ2) is 8.02. The quantitative estimate of drug-likeness (QED) is 0.422. The van der Waals surface area contributed by atoms with Gasteiger partial charge in [0.05, 0.1) is 0 Å². The first-order chi connectivity index (χ1) is 11.8. The Morgan fingerprint density at radius 2 is 1.84 bits per heavy atom. The Hall–Kier alpha value is -2.55. The molecule has 2 aromatic carbocycles. The average molecular weight is 338 g/mol. The van der Waals surface area contributed by atoms with Crippen LogP contribution in [0.4, 0.5) is 0 Å². The average Bonchev–Trinajstić information content (AvgIpc) is 2.55. The number of para-hydroxylation sites is 1. The van der Waals surface area contributed by atoms with Crippen molar-refractivity contribution in [2.75, 3.05) is 6.61 Å². The minimum absolute atomic E-state index is 0.112. The molecule has 0 amide bonds. The summed E-state index contributed by atoms with van der Waals surface area (Å²) in [5.74, 6) is 0.855. The van der Waals surface area contributed by atoms with Crippen molar-refractivity contribution < 1.29 is 14.3 Å². The lowest BCUT2D eigenvalue weighted by atomic mass is 9.85. The van der Waals surface area contributed by atoms with Crippen LogP contribution < -0.4 is 9.47 Å². The molecule has 2 aromatic rings. The number of esters is 1. The first kappa shape index (κ1) is 18.8. The molecule has 0 aromatic heterocycles. The summed E-state index contributed by atoms with van der Waals surface area (Å²) in [6.07, 6.45) is 2.50. The first-order valence-corrected chi connectivity index (χ1v) is 8.44. The molecule has 3 heteroatoms. The lowest BCUT2D eigenvalue weighted by Crippen LogP contribution is -2.21. The van der Waals surface area contributed by atoms with Crippen LogP contribution in [0.2, 0.25) is 0 Å². The molecule has 0 N–H and O–H groups in total. The Morgan fingerprint density at radius 3 is 2.52 bits per heavy atom. The molecule has 2 rings (SSSR count). The maximum Gasteiger partial charge on any atom is 0.349 e. The lowest BCUT2D eigenvalue weighted by Gasteiger charge is -2.22. The summed E-state index contributed by atoms with van der Waals surface area (Å²) in [7, 11) is 0. The van der Waals surface area contributed by atoms with Gasteiger partial charge in [0.15, 0.2) is 6.61 Å². The molecule has 3 nitrogen and oxygen atoms in total. The van der Waals surface area contributed by atoms with Crippen LogP contribution in [0.15, 0.2) is 55.1 Å². The minimum atomic E-state index is -0.414. The van der Waals surface area contributed by atoms with E-state index < -0.39 is 5.97 Å². The predicted octanol–water partition coefficient (Wildman–Crippen LogP) is 5.01. The number of ether oxygens (including phenoxy) is 2. The summed E-state index contributed by atoms with van der Waals surface area (Å²) < 4.78 is 11.2. The molecule has 0 spiro atoms. The van der Waals surface area contributed by atoms with Crippen LogP contribution in [0.25, 0.3) is 0 Å². The first-order valence-electron chi connectivity index (χ1n) is 8.44. The van der Waals surface area contributed by atoms with Crippen LogP contribution >= 0.6 is 0 Å². The molecule has 0 saturated heterocycles. The minimum Gasteiger partial charge on any atom is -0.482 e. The fraction of sp³-hybridized carbons (Fsp3) is 0.318. The van der Waals surface area contributed by atoms with Crippen LogP contribution in [0.5, 0.6) is 11.5 Å². The van der Waals surface area contributed by atoms with Crippen molar-refractivity contribution in [1.82, 2.24) is 0 Å². The van der Waals surface area contributed by atoms with Gasteiger partial charge in [-0.1, -0.05) is 62.7 Å². The van der Waals surface area contributed by atoms with Crippen LogP contribution in [-0.2, 0) is 16.6 Å². The third kappa shape index (κ3) is 5.21. The topological polar surface area (TPSA) is 35.5 Å². The van der Waals surface area contributed by atoms with Crippen LogP contribution in [-0.4, -0.2) is 12.6 Å². The molecule has 25 heavy (non-hydrogen) atoms. The second-order valence-electron chi connectivity index (χ2n) is 7.11. The van der Waals surface area contributed by atoms with E-state index in [0.717, 1.165) is 16.7 Å². The van der Waals surface area contributed by atoms with Gasteiger partial charge in [-0.3, -0.25) is 0 Å². The Morgan fingerprint density at radius 1 is 1.12 bits per heavy atom. The molecular weight excluding hydrogens is 312 g/mol. The van der Waals surface area contributed by atoms with E-state index in [-0.39, 0.29) is 12.0 Å². The molecule has 0 unspecified atom stereocenters. The molecule has 0 bridgehead atoms. The van der Waals surface area contributed by atoms with Crippen molar-refractivity contribution >= 4 is 5.97 Å². The van der Waals surface area contributed by atoms with Gasteiger partial charge in [0.2, 0.25) is 0 Å². The fourth-order valence-electron chi connectivity index (χ4n) is 2.58. The number of carbonyl (C=O) groups is 1. The van der Waals surface area contributed by atoms with E-state index in [0.29, 0.717) is 17.9 Å². The molecule has 0 atom stereocenters. The Kier molecular flexibility index (Phi) is 6.02. The van der Waals surface area contributed by atoms with Gasteiger partial charge < -0.3 is 9.47 Å². The van der Waals surface area contributed by atoms with Crippen molar-refractivity contribution in [2.24, 2.45) is 0 Å². The van der Waals surface area contributed by atoms with Crippen molar-refractivity contribution in [3.05, 3.63) is 71.8 Å². The van der Waals surface area contributed by atoms with Crippen molar-refractivity contribution in [1.29, 1.82) is 0 Å². The highest BCUT2D eigenvalue weighted by Gasteiger charge is 2.21. The van der Waals surface area contributed by atoms with Crippen LogP contribution in [0.3, 0.4) is 0 Å². The number of allylic oxidation sites excluding steroid dienone is 1. The van der Waals surface area contributed by atoms with E-state index in [1.807, 2.05) is 49.4 Å². The molecule has 132 valence electrons. The standard InChI is InChI=1S/C22H26O3/c1-6-9-17-10-7-8-11-19(17)24-15-21(23)25-20-13-12-16(2)14-18(20)22(3,4)5/h6-8,10-14H,1,9,15H2,2-5H3. The Bertz CT molecular complexity index is 754. The third-order valence-electron chi connectivity index (χ3n) is 3.85. The molecule has 0 radical (unpaired) electrons. The van der Waals surface area contributed by atoms with Crippen LogP contribution in [0, 0.1) is 6.92 Å². The van der Waals surface area contributed by atoms with E-state index in [4.69, 9.17) is 9.47 Å². The summed E-state index contributed by atoms with van der Waals surface area (Å²) in [6, 6.07) is 13.5.